The largest absolute Gasteiger partial charge is 0.480 e. The highest BCUT2D eigenvalue weighted by Crippen LogP contribution is 2.17. The molecular weight excluding hydrogens is 302 g/mol. The van der Waals surface area contributed by atoms with Crippen molar-refractivity contribution < 1.29 is 19.4 Å². The summed E-state index contributed by atoms with van der Waals surface area (Å²) in [6.07, 6.45) is 0. The fraction of sp³-hybridized carbons (Fsp3) is 0.333. The zero-order valence-electron chi connectivity index (χ0n) is 9.90. The van der Waals surface area contributed by atoms with Crippen LogP contribution < -0.4 is 5.32 Å². The van der Waals surface area contributed by atoms with Crippen LogP contribution in [-0.4, -0.2) is 36.7 Å². The number of aryl methyl sites for hydroxylation is 1. The van der Waals surface area contributed by atoms with Crippen molar-refractivity contribution in [3.63, 3.8) is 0 Å². The molecule has 0 aliphatic rings. The van der Waals surface area contributed by atoms with E-state index < -0.39 is 5.97 Å². The zero-order valence-corrected chi connectivity index (χ0v) is 11.5. The molecule has 1 amide bonds. The quantitative estimate of drug-likeness (QED) is 0.782. The van der Waals surface area contributed by atoms with E-state index in [1.54, 1.807) is 6.07 Å². The molecule has 2 N–H and O–H groups in total. The summed E-state index contributed by atoms with van der Waals surface area (Å²) >= 11 is 3.30. The van der Waals surface area contributed by atoms with Gasteiger partial charge in [-0.2, -0.15) is 0 Å². The van der Waals surface area contributed by atoms with Crippen LogP contribution in [0.3, 0.4) is 0 Å². The Labute approximate surface area is 113 Å². The third-order valence-corrected chi connectivity index (χ3v) is 2.82. The highest BCUT2D eigenvalue weighted by molar-refractivity contribution is 9.10. The average Bonchev–Trinajstić information content (AvgIpc) is 2.31. The van der Waals surface area contributed by atoms with Crippen LogP contribution in [0.5, 0.6) is 0 Å². The maximum atomic E-state index is 11.8. The van der Waals surface area contributed by atoms with Crippen LogP contribution in [0, 0.1) is 6.92 Å². The molecule has 98 valence electrons. The molecule has 0 saturated heterocycles. The van der Waals surface area contributed by atoms with E-state index in [2.05, 4.69) is 21.2 Å². The van der Waals surface area contributed by atoms with Crippen LogP contribution in [0.15, 0.2) is 22.7 Å². The Hall–Kier alpha value is -1.40. The van der Waals surface area contributed by atoms with Crippen molar-refractivity contribution in [2.45, 2.75) is 6.92 Å². The maximum absolute atomic E-state index is 11.8. The number of carbonyl (C=O) groups excluding carboxylic acids is 1. The highest BCUT2D eigenvalue weighted by atomic mass is 79.9. The van der Waals surface area contributed by atoms with Crippen molar-refractivity contribution in [2.24, 2.45) is 0 Å². The molecule has 0 saturated carbocycles. The molecule has 1 aromatic carbocycles. The van der Waals surface area contributed by atoms with E-state index in [4.69, 9.17) is 9.84 Å². The van der Waals surface area contributed by atoms with Crippen LogP contribution in [0.2, 0.25) is 0 Å². The van der Waals surface area contributed by atoms with E-state index in [1.165, 1.54) is 0 Å². The molecule has 5 nitrogen and oxygen atoms in total. The molecule has 1 aromatic rings. The second-order valence-corrected chi connectivity index (χ2v) is 4.54. The Balaban J connectivity index is 2.41. The second-order valence-electron chi connectivity index (χ2n) is 3.69. The van der Waals surface area contributed by atoms with Gasteiger partial charge < -0.3 is 15.2 Å². The molecule has 6 heteroatoms. The molecule has 18 heavy (non-hydrogen) atoms. The minimum absolute atomic E-state index is 0.168. The highest BCUT2D eigenvalue weighted by Gasteiger charge is 2.09. The number of ether oxygens (including phenoxy) is 1. The van der Waals surface area contributed by atoms with Gasteiger partial charge in [0.2, 0.25) is 0 Å². The normalized spacial score (nSPS) is 10.1. The Morgan fingerprint density at radius 1 is 1.44 bits per heavy atom. The van der Waals surface area contributed by atoms with Gasteiger partial charge in [-0.3, -0.25) is 4.79 Å². The molecule has 0 fully saturated rings. The van der Waals surface area contributed by atoms with Gasteiger partial charge in [-0.25, -0.2) is 4.79 Å². The van der Waals surface area contributed by atoms with Crippen LogP contribution in [0.25, 0.3) is 0 Å². The molecule has 0 radical (unpaired) electrons. The number of hydrogen-bond acceptors (Lipinski definition) is 3. The van der Waals surface area contributed by atoms with Gasteiger partial charge in [0.25, 0.3) is 5.91 Å². The summed E-state index contributed by atoms with van der Waals surface area (Å²) < 4.78 is 5.53. The summed E-state index contributed by atoms with van der Waals surface area (Å²) in [6.45, 7) is 1.98. The van der Waals surface area contributed by atoms with Crippen molar-refractivity contribution in [1.82, 2.24) is 5.32 Å². The zero-order chi connectivity index (χ0) is 13.5. The van der Waals surface area contributed by atoms with Gasteiger partial charge in [0, 0.05) is 11.0 Å². The van der Waals surface area contributed by atoms with Crippen LogP contribution in [0.1, 0.15) is 15.9 Å². The van der Waals surface area contributed by atoms with Crippen LogP contribution >= 0.6 is 15.9 Å². The Morgan fingerprint density at radius 3 is 2.83 bits per heavy atom. The molecular formula is C12H14BrNO4. The minimum atomic E-state index is -1.03. The van der Waals surface area contributed by atoms with E-state index in [0.29, 0.717) is 5.56 Å². The standard InChI is InChI=1S/C12H14BrNO4/c1-8-2-3-10(13)9(6-8)12(17)14-4-5-18-7-11(15)16/h2-3,6H,4-5,7H2,1H3,(H,14,17)(H,15,16). The topological polar surface area (TPSA) is 75.6 Å². The Bertz CT molecular complexity index is 448. The predicted octanol–water partition coefficient (Wildman–Crippen LogP) is 1.59. The van der Waals surface area contributed by atoms with Gasteiger partial charge in [0.05, 0.1) is 12.2 Å². The van der Waals surface area contributed by atoms with Gasteiger partial charge in [0.15, 0.2) is 0 Å². The van der Waals surface area contributed by atoms with Crippen LogP contribution in [-0.2, 0) is 9.53 Å². The van der Waals surface area contributed by atoms with E-state index in [-0.39, 0.29) is 25.7 Å². The third kappa shape index (κ3) is 4.85. The molecule has 0 heterocycles. The Morgan fingerprint density at radius 2 is 2.17 bits per heavy atom. The molecule has 0 bridgehead atoms. The van der Waals surface area contributed by atoms with E-state index in [1.807, 2.05) is 19.1 Å². The van der Waals surface area contributed by atoms with Crippen LogP contribution in [0.4, 0.5) is 0 Å². The van der Waals surface area contributed by atoms with E-state index in [0.717, 1.165) is 10.0 Å². The van der Waals surface area contributed by atoms with Crippen molar-refractivity contribution in [3.8, 4) is 0 Å². The summed E-state index contributed by atoms with van der Waals surface area (Å²) in [5.41, 5.74) is 1.54. The number of aliphatic carboxylic acids is 1. The number of amides is 1. The third-order valence-electron chi connectivity index (χ3n) is 2.12. The summed E-state index contributed by atoms with van der Waals surface area (Å²) in [6, 6.07) is 5.49. The van der Waals surface area contributed by atoms with Gasteiger partial charge in [-0.05, 0) is 35.0 Å². The lowest BCUT2D eigenvalue weighted by Gasteiger charge is -2.07. The lowest BCUT2D eigenvalue weighted by atomic mass is 10.1. The number of rotatable bonds is 6. The number of halogens is 1. The van der Waals surface area contributed by atoms with Crippen molar-refractivity contribution in [2.75, 3.05) is 19.8 Å². The number of nitrogens with one attached hydrogen (secondary N) is 1. The van der Waals surface area contributed by atoms with E-state index in [9.17, 15) is 9.59 Å². The van der Waals surface area contributed by atoms with E-state index >= 15 is 0 Å². The molecule has 1 rings (SSSR count). The number of carboxylic acid groups (broad SMARTS) is 1. The molecule has 0 aliphatic heterocycles. The molecule has 0 aromatic heterocycles. The smallest absolute Gasteiger partial charge is 0.329 e. The first-order valence-corrected chi connectivity index (χ1v) is 6.14. The fourth-order valence-electron chi connectivity index (χ4n) is 1.30. The lowest BCUT2D eigenvalue weighted by Crippen LogP contribution is -2.28. The minimum Gasteiger partial charge on any atom is -0.480 e. The molecule has 0 spiro atoms. The summed E-state index contributed by atoms with van der Waals surface area (Å²) in [7, 11) is 0. The fourth-order valence-corrected chi connectivity index (χ4v) is 1.73. The summed E-state index contributed by atoms with van der Waals surface area (Å²) in [5.74, 6) is -1.24. The number of benzene rings is 1. The monoisotopic (exact) mass is 315 g/mol. The predicted molar refractivity (Wildman–Crippen MR) is 69.7 cm³/mol. The SMILES string of the molecule is Cc1ccc(Br)c(C(=O)NCCOCC(=O)O)c1. The average molecular weight is 316 g/mol. The van der Waals surface area contributed by atoms with Gasteiger partial charge in [-0.15, -0.1) is 0 Å². The summed E-state index contributed by atoms with van der Waals surface area (Å²) in [4.78, 5) is 22.0. The first kappa shape index (κ1) is 14.7. The number of hydrogen-bond donors (Lipinski definition) is 2. The van der Waals surface area contributed by atoms with Gasteiger partial charge in [0.1, 0.15) is 6.61 Å². The van der Waals surface area contributed by atoms with Crippen molar-refractivity contribution >= 4 is 27.8 Å². The number of carboxylic acids is 1. The van der Waals surface area contributed by atoms with Gasteiger partial charge >= 0.3 is 5.97 Å². The molecule has 0 unspecified atom stereocenters. The van der Waals surface area contributed by atoms with Gasteiger partial charge in [-0.1, -0.05) is 11.6 Å². The first-order valence-electron chi connectivity index (χ1n) is 5.34. The summed E-state index contributed by atoms with van der Waals surface area (Å²) in [5, 5.41) is 11.0. The van der Waals surface area contributed by atoms with Crippen molar-refractivity contribution in [1.29, 1.82) is 0 Å². The molecule has 0 atom stereocenters. The number of carbonyl (C=O) groups is 2. The lowest BCUT2D eigenvalue weighted by molar-refractivity contribution is -0.142. The maximum Gasteiger partial charge on any atom is 0.329 e. The Kier molecular flexibility index (Phi) is 5.80. The second kappa shape index (κ2) is 7.13. The van der Waals surface area contributed by atoms with Crippen molar-refractivity contribution in [3.05, 3.63) is 33.8 Å². The molecule has 0 aliphatic carbocycles. The first-order chi connectivity index (χ1) is 8.50.